The molecule has 3 heterocycles. The number of likely N-dealkylation sites (tertiary alicyclic amines) is 1. The molecule has 4 rings (SSSR count). The molecule has 1 aliphatic carbocycles. The van der Waals surface area contributed by atoms with Gasteiger partial charge in [0.15, 0.2) is 0 Å². The average Bonchev–Trinajstić information content (AvgIpc) is 2.97. The summed E-state index contributed by atoms with van der Waals surface area (Å²) in [4.78, 5) is 26.9. The van der Waals surface area contributed by atoms with Gasteiger partial charge in [-0.1, -0.05) is 13.8 Å². The molecule has 1 saturated carbocycles. The number of anilines is 1. The van der Waals surface area contributed by atoms with E-state index in [9.17, 15) is 4.79 Å². The Balaban J connectivity index is 1.32. The summed E-state index contributed by atoms with van der Waals surface area (Å²) in [6.07, 6.45) is 12.1. The second kappa shape index (κ2) is 8.71. The van der Waals surface area contributed by atoms with Crippen molar-refractivity contribution >= 4 is 11.7 Å². The lowest BCUT2D eigenvalue weighted by molar-refractivity contribution is -0.127. The highest BCUT2D eigenvalue weighted by Crippen LogP contribution is 2.35. The smallest absolute Gasteiger partial charge is 0.225 e. The molecule has 3 aliphatic rings. The first-order chi connectivity index (χ1) is 13.9. The SMILES string of the molecule is CC(C)C(=O)[C@H]1CC[C@@H](Cc2cnc(N3C4CCC3CN(C(C)C)C4)nc2)CC1. The third-order valence-electron chi connectivity index (χ3n) is 7.51. The molecule has 29 heavy (non-hydrogen) atoms. The number of carbonyl (C=O) groups is 1. The zero-order chi connectivity index (χ0) is 20.5. The minimum atomic E-state index is 0.176. The Labute approximate surface area is 176 Å². The standard InChI is InChI=1S/C24H38N4O/c1-16(2)23(29)20-7-5-18(6-8-20)11-19-12-25-24(26-13-19)28-21-9-10-22(28)15-27(14-21)17(3)4/h12-13,16-18,20-22H,5-11,14-15H2,1-4H3/t18-,20+,21?,22?. The van der Waals surface area contributed by atoms with Crippen LogP contribution >= 0.6 is 0 Å². The van der Waals surface area contributed by atoms with Gasteiger partial charge in [-0.25, -0.2) is 9.97 Å². The molecule has 5 heteroatoms. The van der Waals surface area contributed by atoms with Crippen molar-refractivity contribution in [2.45, 2.75) is 90.8 Å². The van der Waals surface area contributed by atoms with E-state index in [0.29, 0.717) is 35.7 Å². The van der Waals surface area contributed by atoms with E-state index in [0.717, 1.165) is 51.1 Å². The van der Waals surface area contributed by atoms with Gasteiger partial charge in [-0.05, 0) is 70.3 Å². The first-order valence-corrected chi connectivity index (χ1v) is 11.8. The normalized spacial score (nSPS) is 30.3. The molecule has 160 valence electrons. The molecule has 0 radical (unpaired) electrons. The Bertz CT molecular complexity index is 679. The third-order valence-corrected chi connectivity index (χ3v) is 7.51. The van der Waals surface area contributed by atoms with Crippen LogP contribution in [0.5, 0.6) is 0 Å². The van der Waals surface area contributed by atoms with Gasteiger partial charge in [-0.3, -0.25) is 9.69 Å². The predicted molar refractivity (Wildman–Crippen MR) is 117 cm³/mol. The van der Waals surface area contributed by atoms with E-state index in [-0.39, 0.29) is 5.92 Å². The summed E-state index contributed by atoms with van der Waals surface area (Å²) < 4.78 is 0. The van der Waals surface area contributed by atoms with E-state index in [2.05, 4.69) is 36.0 Å². The van der Waals surface area contributed by atoms with Gasteiger partial charge in [0.05, 0.1) is 0 Å². The van der Waals surface area contributed by atoms with Crippen molar-refractivity contribution in [1.29, 1.82) is 0 Å². The van der Waals surface area contributed by atoms with Gasteiger partial charge in [-0.15, -0.1) is 0 Å². The minimum Gasteiger partial charge on any atom is -0.332 e. The second-order valence-corrected chi connectivity index (χ2v) is 10.2. The van der Waals surface area contributed by atoms with Gasteiger partial charge >= 0.3 is 0 Å². The second-order valence-electron chi connectivity index (χ2n) is 10.2. The number of fused-ring (bicyclic) bond motifs is 2. The highest BCUT2D eigenvalue weighted by molar-refractivity contribution is 5.82. The van der Waals surface area contributed by atoms with Crippen LogP contribution in [-0.2, 0) is 11.2 Å². The highest BCUT2D eigenvalue weighted by Gasteiger charge is 2.41. The van der Waals surface area contributed by atoms with Crippen molar-refractivity contribution in [3.63, 3.8) is 0 Å². The van der Waals surface area contributed by atoms with Crippen molar-refractivity contribution in [3.05, 3.63) is 18.0 Å². The molecule has 1 aromatic rings. The lowest BCUT2D eigenvalue weighted by atomic mass is 9.76. The quantitative estimate of drug-likeness (QED) is 0.722. The van der Waals surface area contributed by atoms with Crippen molar-refractivity contribution in [3.8, 4) is 0 Å². The van der Waals surface area contributed by atoms with E-state index in [1.807, 2.05) is 13.8 Å². The number of piperazine rings is 1. The molecule has 0 spiro atoms. The number of Topliss-reactive ketones (excluding diaryl/α,β-unsaturated/α-hetero) is 1. The average molecular weight is 399 g/mol. The van der Waals surface area contributed by atoms with Crippen molar-refractivity contribution in [1.82, 2.24) is 14.9 Å². The van der Waals surface area contributed by atoms with E-state index in [1.54, 1.807) is 0 Å². The van der Waals surface area contributed by atoms with E-state index in [1.165, 1.54) is 18.4 Å². The van der Waals surface area contributed by atoms with Crippen LogP contribution in [0.25, 0.3) is 0 Å². The Morgan fingerprint density at radius 3 is 2.07 bits per heavy atom. The van der Waals surface area contributed by atoms with Gasteiger partial charge in [0.1, 0.15) is 5.78 Å². The monoisotopic (exact) mass is 398 g/mol. The highest BCUT2D eigenvalue weighted by atomic mass is 16.1. The molecule has 2 atom stereocenters. The fraction of sp³-hybridized carbons (Fsp3) is 0.792. The van der Waals surface area contributed by atoms with Gasteiger partial charge in [0.2, 0.25) is 5.95 Å². The third kappa shape index (κ3) is 4.50. The first kappa shape index (κ1) is 20.8. The lowest BCUT2D eigenvalue weighted by Gasteiger charge is -2.42. The summed E-state index contributed by atoms with van der Waals surface area (Å²) in [6, 6.07) is 1.75. The Morgan fingerprint density at radius 1 is 0.966 bits per heavy atom. The molecule has 0 aromatic carbocycles. The Morgan fingerprint density at radius 2 is 1.55 bits per heavy atom. The molecule has 0 N–H and O–H groups in total. The fourth-order valence-electron chi connectivity index (χ4n) is 5.73. The number of hydrogen-bond donors (Lipinski definition) is 0. The molecule has 2 aliphatic heterocycles. The predicted octanol–water partition coefficient (Wildman–Crippen LogP) is 4.11. The van der Waals surface area contributed by atoms with Crippen LogP contribution in [0.2, 0.25) is 0 Å². The summed E-state index contributed by atoms with van der Waals surface area (Å²) in [6.45, 7) is 10.9. The van der Waals surface area contributed by atoms with Gasteiger partial charge < -0.3 is 4.90 Å². The zero-order valence-electron chi connectivity index (χ0n) is 18.7. The maximum atomic E-state index is 12.2. The van der Waals surface area contributed by atoms with Gasteiger partial charge in [0.25, 0.3) is 0 Å². The largest absolute Gasteiger partial charge is 0.332 e. The van der Waals surface area contributed by atoms with Crippen LogP contribution in [0.15, 0.2) is 12.4 Å². The topological polar surface area (TPSA) is 49.3 Å². The van der Waals surface area contributed by atoms with Crippen LogP contribution < -0.4 is 4.90 Å². The number of rotatable bonds is 6. The molecule has 1 aromatic heterocycles. The van der Waals surface area contributed by atoms with Crippen LogP contribution in [0.3, 0.4) is 0 Å². The summed E-state index contributed by atoms with van der Waals surface area (Å²) in [5.74, 6) is 2.53. The molecule has 2 bridgehead atoms. The van der Waals surface area contributed by atoms with Crippen molar-refractivity contribution < 1.29 is 4.79 Å². The zero-order valence-corrected chi connectivity index (χ0v) is 18.7. The molecular formula is C24H38N4O. The van der Waals surface area contributed by atoms with E-state index < -0.39 is 0 Å². The van der Waals surface area contributed by atoms with Crippen LogP contribution in [-0.4, -0.2) is 51.9 Å². The Kier molecular flexibility index (Phi) is 6.24. The van der Waals surface area contributed by atoms with E-state index in [4.69, 9.17) is 9.97 Å². The van der Waals surface area contributed by atoms with Crippen LogP contribution in [0.1, 0.15) is 71.8 Å². The van der Waals surface area contributed by atoms with Gasteiger partial charge in [0, 0.05) is 55.4 Å². The van der Waals surface area contributed by atoms with Crippen LogP contribution in [0, 0.1) is 17.8 Å². The maximum Gasteiger partial charge on any atom is 0.225 e. The minimum absolute atomic E-state index is 0.176. The van der Waals surface area contributed by atoms with Crippen molar-refractivity contribution in [2.75, 3.05) is 18.0 Å². The summed E-state index contributed by atoms with van der Waals surface area (Å²) >= 11 is 0. The first-order valence-electron chi connectivity index (χ1n) is 11.8. The summed E-state index contributed by atoms with van der Waals surface area (Å²) in [5.41, 5.74) is 1.25. The molecule has 5 nitrogen and oxygen atoms in total. The van der Waals surface area contributed by atoms with E-state index >= 15 is 0 Å². The number of hydrogen-bond acceptors (Lipinski definition) is 5. The number of nitrogens with zero attached hydrogens (tertiary/aromatic N) is 4. The summed E-state index contributed by atoms with van der Waals surface area (Å²) in [7, 11) is 0. The lowest BCUT2D eigenvalue weighted by Crippen LogP contribution is -2.56. The maximum absolute atomic E-state index is 12.2. The van der Waals surface area contributed by atoms with Gasteiger partial charge in [-0.2, -0.15) is 0 Å². The number of carbonyl (C=O) groups excluding carboxylic acids is 1. The summed E-state index contributed by atoms with van der Waals surface area (Å²) in [5, 5.41) is 0. The Hall–Kier alpha value is -1.49. The molecule has 2 unspecified atom stereocenters. The fourth-order valence-corrected chi connectivity index (χ4v) is 5.73. The molecular weight excluding hydrogens is 360 g/mol. The van der Waals surface area contributed by atoms with Crippen molar-refractivity contribution in [2.24, 2.45) is 17.8 Å². The molecule has 2 saturated heterocycles. The number of ketones is 1. The number of aromatic nitrogens is 2. The molecule has 3 fully saturated rings. The molecule has 0 amide bonds. The van der Waals surface area contributed by atoms with Crippen LogP contribution in [0.4, 0.5) is 5.95 Å².